The predicted molar refractivity (Wildman–Crippen MR) is 91.2 cm³/mol. The Morgan fingerprint density at radius 3 is 2.21 bits per heavy atom. The molecule has 1 unspecified atom stereocenters. The molecule has 0 fully saturated rings. The number of ether oxygens (including phenoxy) is 1. The van der Waals surface area contributed by atoms with Crippen molar-refractivity contribution in [2.75, 3.05) is 13.7 Å². The molecule has 5 nitrogen and oxygen atoms in total. The molecule has 2 aromatic rings. The van der Waals surface area contributed by atoms with Crippen molar-refractivity contribution in [3.05, 3.63) is 65.7 Å². The van der Waals surface area contributed by atoms with E-state index in [-0.39, 0.29) is 18.4 Å². The summed E-state index contributed by atoms with van der Waals surface area (Å²) in [5.74, 6) is -1.58. The summed E-state index contributed by atoms with van der Waals surface area (Å²) in [6.45, 7) is 1.84. The van der Waals surface area contributed by atoms with Crippen LogP contribution in [0.3, 0.4) is 0 Å². The lowest BCUT2D eigenvalue weighted by molar-refractivity contribution is -0.138. The first-order valence-electron chi connectivity index (χ1n) is 7.72. The van der Waals surface area contributed by atoms with Gasteiger partial charge in [0, 0.05) is 6.54 Å². The summed E-state index contributed by atoms with van der Waals surface area (Å²) in [6.07, 6.45) is 0. The van der Waals surface area contributed by atoms with Crippen LogP contribution in [0.5, 0.6) is 5.75 Å². The summed E-state index contributed by atoms with van der Waals surface area (Å²) in [5, 5.41) is 12.1. The van der Waals surface area contributed by atoms with Crippen molar-refractivity contribution in [1.29, 1.82) is 0 Å². The molecule has 0 aliphatic rings. The van der Waals surface area contributed by atoms with E-state index >= 15 is 0 Å². The number of amides is 1. The molecule has 0 radical (unpaired) electrons. The number of methoxy groups -OCH3 is 1. The van der Waals surface area contributed by atoms with Gasteiger partial charge in [-0.1, -0.05) is 42.5 Å². The average Bonchev–Trinajstić information content (AvgIpc) is 2.61. The normalized spacial score (nSPS) is 12.9. The summed E-state index contributed by atoms with van der Waals surface area (Å²) in [7, 11) is 1.58. The van der Waals surface area contributed by atoms with Crippen LogP contribution in [0.15, 0.2) is 54.6 Å². The van der Waals surface area contributed by atoms with Crippen molar-refractivity contribution >= 4 is 11.9 Å². The van der Waals surface area contributed by atoms with Gasteiger partial charge in [0.15, 0.2) is 0 Å². The molecule has 5 heteroatoms. The first kappa shape index (κ1) is 17.5. The van der Waals surface area contributed by atoms with Gasteiger partial charge in [0.05, 0.1) is 18.9 Å². The van der Waals surface area contributed by atoms with Gasteiger partial charge in [-0.3, -0.25) is 9.59 Å². The first-order chi connectivity index (χ1) is 11.5. The van der Waals surface area contributed by atoms with Crippen LogP contribution >= 0.6 is 0 Å². The number of carbonyl (C=O) groups is 2. The van der Waals surface area contributed by atoms with Crippen LogP contribution in [0.1, 0.15) is 29.9 Å². The molecule has 2 rings (SSSR count). The molecule has 1 amide bonds. The van der Waals surface area contributed by atoms with Crippen LogP contribution in [0.4, 0.5) is 0 Å². The number of aliphatic carboxylic acids is 1. The molecule has 0 aliphatic heterocycles. The third-order valence-electron chi connectivity index (χ3n) is 3.99. The zero-order valence-corrected chi connectivity index (χ0v) is 13.7. The monoisotopic (exact) mass is 327 g/mol. The van der Waals surface area contributed by atoms with Crippen LogP contribution in [-0.4, -0.2) is 30.6 Å². The molecule has 0 spiro atoms. The number of carbonyl (C=O) groups excluding carboxylic acids is 1. The molecule has 0 saturated heterocycles. The Hall–Kier alpha value is -2.82. The average molecular weight is 327 g/mol. The zero-order chi connectivity index (χ0) is 17.5. The van der Waals surface area contributed by atoms with Gasteiger partial charge in [-0.2, -0.15) is 0 Å². The van der Waals surface area contributed by atoms with Crippen LogP contribution in [0, 0.1) is 0 Å². The third kappa shape index (κ3) is 4.35. The van der Waals surface area contributed by atoms with Crippen LogP contribution in [0.2, 0.25) is 0 Å². The van der Waals surface area contributed by atoms with E-state index in [4.69, 9.17) is 4.74 Å². The Morgan fingerprint density at radius 1 is 1.04 bits per heavy atom. The van der Waals surface area contributed by atoms with Gasteiger partial charge in [0.2, 0.25) is 5.91 Å². The number of nitrogens with one attached hydrogen (secondary N) is 1. The molecule has 2 N–H and O–H groups in total. The molecule has 0 saturated carbocycles. The van der Waals surface area contributed by atoms with Crippen molar-refractivity contribution in [3.63, 3.8) is 0 Å². The lowest BCUT2D eigenvalue weighted by atomic mass is 9.97. The van der Waals surface area contributed by atoms with Gasteiger partial charge in [0.25, 0.3) is 0 Å². The number of benzene rings is 2. The zero-order valence-electron chi connectivity index (χ0n) is 13.7. The number of hydrogen-bond donors (Lipinski definition) is 2. The van der Waals surface area contributed by atoms with Crippen LogP contribution in [0.25, 0.3) is 0 Å². The summed E-state index contributed by atoms with van der Waals surface area (Å²) in [4.78, 5) is 23.8. The maximum Gasteiger partial charge on any atom is 0.312 e. The number of rotatable bonds is 7. The standard InChI is InChI=1S/C19H21NO4/c1-13(14-8-10-16(24-2)11-9-14)18(21)20-12-17(19(22)23)15-6-4-3-5-7-15/h3-11,13,17H,12H2,1-2H3,(H,20,21)(H,22,23)/t13?,17-/m0/s1. The van der Waals surface area contributed by atoms with Gasteiger partial charge in [-0.25, -0.2) is 0 Å². The van der Waals surface area contributed by atoms with E-state index in [2.05, 4.69) is 5.32 Å². The first-order valence-corrected chi connectivity index (χ1v) is 7.72. The predicted octanol–water partition coefficient (Wildman–Crippen LogP) is 2.78. The maximum absolute atomic E-state index is 12.3. The Morgan fingerprint density at radius 2 is 1.67 bits per heavy atom. The van der Waals surface area contributed by atoms with E-state index in [0.29, 0.717) is 5.56 Å². The Balaban J connectivity index is 2.01. The van der Waals surface area contributed by atoms with E-state index in [0.717, 1.165) is 11.3 Å². The Kier molecular flexibility index (Phi) is 5.95. The maximum atomic E-state index is 12.3. The molecule has 126 valence electrons. The fraction of sp³-hybridized carbons (Fsp3) is 0.263. The van der Waals surface area contributed by atoms with Gasteiger partial charge < -0.3 is 15.2 Å². The number of hydrogen-bond acceptors (Lipinski definition) is 3. The number of carboxylic acids is 1. The highest BCUT2D eigenvalue weighted by Crippen LogP contribution is 2.20. The molecule has 0 aliphatic carbocycles. The molecule has 24 heavy (non-hydrogen) atoms. The summed E-state index contributed by atoms with van der Waals surface area (Å²) < 4.78 is 5.10. The van der Waals surface area contributed by atoms with E-state index < -0.39 is 11.9 Å². The van der Waals surface area contributed by atoms with E-state index in [1.165, 1.54) is 0 Å². The second kappa shape index (κ2) is 8.15. The lowest BCUT2D eigenvalue weighted by Crippen LogP contribution is -2.34. The topological polar surface area (TPSA) is 75.6 Å². The second-order valence-corrected chi connectivity index (χ2v) is 5.54. The molecule has 2 aromatic carbocycles. The minimum atomic E-state index is -0.960. The minimum Gasteiger partial charge on any atom is -0.497 e. The van der Waals surface area contributed by atoms with Crippen LogP contribution in [-0.2, 0) is 9.59 Å². The third-order valence-corrected chi connectivity index (χ3v) is 3.99. The second-order valence-electron chi connectivity index (χ2n) is 5.54. The molecule has 0 aromatic heterocycles. The van der Waals surface area contributed by atoms with Crippen molar-refractivity contribution in [2.24, 2.45) is 0 Å². The van der Waals surface area contributed by atoms with Gasteiger partial charge >= 0.3 is 5.97 Å². The van der Waals surface area contributed by atoms with Crippen molar-refractivity contribution in [2.45, 2.75) is 18.8 Å². The summed E-state index contributed by atoms with van der Waals surface area (Å²) in [6, 6.07) is 16.1. The Labute approximate surface area is 141 Å². The molecular weight excluding hydrogens is 306 g/mol. The largest absolute Gasteiger partial charge is 0.497 e. The van der Waals surface area contributed by atoms with Crippen molar-refractivity contribution < 1.29 is 19.4 Å². The highest BCUT2D eigenvalue weighted by atomic mass is 16.5. The minimum absolute atomic E-state index is 0.0542. The number of carboxylic acid groups (broad SMARTS) is 1. The van der Waals surface area contributed by atoms with Crippen LogP contribution < -0.4 is 10.1 Å². The van der Waals surface area contributed by atoms with Gasteiger partial charge in [-0.05, 0) is 30.2 Å². The molecule has 0 bridgehead atoms. The summed E-state index contributed by atoms with van der Waals surface area (Å²) >= 11 is 0. The highest BCUT2D eigenvalue weighted by molar-refractivity contribution is 5.84. The summed E-state index contributed by atoms with van der Waals surface area (Å²) in [5.41, 5.74) is 1.52. The molecule has 2 atom stereocenters. The van der Waals surface area contributed by atoms with Gasteiger partial charge in [0.1, 0.15) is 5.75 Å². The lowest BCUT2D eigenvalue weighted by Gasteiger charge is -2.17. The van der Waals surface area contributed by atoms with E-state index in [1.807, 2.05) is 18.2 Å². The van der Waals surface area contributed by atoms with E-state index in [1.54, 1.807) is 50.4 Å². The molecular formula is C19H21NO4. The van der Waals surface area contributed by atoms with Crippen molar-refractivity contribution in [3.8, 4) is 5.75 Å². The smallest absolute Gasteiger partial charge is 0.312 e. The Bertz CT molecular complexity index is 682. The quantitative estimate of drug-likeness (QED) is 0.820. The molecule has 0 heterocycles. The SMILES string of the molecule is COc1ccc(C(C)C(=O)NC[C@H](C(=O)O)c2ccccc2)cc1. The van der Waals surface area contributed by atoms with Crippen molar-refractivity contribution in [1.82, 2.24) is 5.32 Å². The van der Waals surface area contributed by atoms with E-state index in [9.17, 15) is 14.7 Å². The fourth-order valence-electron chi connectivity index (χ4n) is 2.43. The van der Waals surface area contributed by atoms with Gasteiger partial charge in [-0.15, -0.1) is 0 Å². The highest BCUT2D eigenvalue weighted by Gasteiger charge is 2.22. The fourth-order valence-corrected chi connectivity index (χ4v) is 2.43.